The minimum Gasteiger partial charge on any atom is -0.353 e. The lowest BCUT2D eigenvalue weighted by atomic mass is 9.95. The minimum absolute atomic E-state index is 0.0271. The first-order valence-corrected chi connectivity index (χ1v) is 12.3. The van der Waals surface area contributed by atoms with Crippen molar-refractivity contribution < 1.29 is 14.0 Å². The Morgan fingerprint density at radius 2 is 1.94 bits per heavy atom. The van der Waals surface area contributed by atoms with Crippen LogP contribution in [0.15, 0.2) is 58.5 Å². The zero-order chi connectivity index (χ0) is 22.8. The predicted octanol–water partition coefficient (Wildman–Crippen LogP) is 4.56. The summed E-state index contributed by atoms with van der Waals surface area (Å²) < 4.78 is 13.6. The van der Waals surface area contributed by atoms with Crippen molar-refractivity contribution in [2.75, 3.05) is 0 Å². The Kier molecular flexibility index (Phi) is 6.26. The van der Waals surface area contributed by atoms with Gasteiger partial charge in [-0.05, 0) is 42.7 Å². The topological polar surface area (TPSA) is 74.1 Å². The molecule has 33 heavy (non-hydrogen) atoms. The first-order chi connectivity index (χ1) is 16.1. The van der Waals surface area contributed by atoms with Gasteiger partial charge in [0.05, 0.1) is 12.1 Å². The van der Waals surface area contributed by atoms with Gasteiger partial charge in [0.2, 0.25) is 5.91 Å². The number of halogens is 1. The Bertz CT molecular complexity index is 1140. The van der Waals surface area contributed by atoms with Gasteiger partial charge in [-0.25, -0.2) is 14.3 Å². The molecule has 1 saturated carbocycles. The van der Waals surface area contributed by atoms with Gasteiger partial charge in [-0.15, -0.1) is 0 Å². The maximum atomic E-state index is 13.6. The van der Waals surface area contributed by atoms with Crippen molar-refractivity contribution in [1.29, 1.82) is 0 Å². The van der Waals surface area contributed by atoms with Crippen LogP contribution >= 0.6 is 11.8 Å². The number of rotatable bonds is 5. The van der Waals surface area contributed by atoms with E-state index in [2.05, 4.69) is 10.3 Å². The number of amides is 2. The monoisotopic (exact) mass is 464 g/mol. The van der Waals surface area contributed by atoms with Gasteiger partial charge in [0.15, 0.2) is 5.17 Å². The zero-order valence-corrected chi connectivity index (χ0v) is 19.0. The summed E-state index contributed by atoms with van der Waals surface area (Å²) in [5.74, 6) is 0.311. The molecule has 2 aliphatic heterocycles. The molecule has 2 amide bonds. The molecule has 1 N–H and O–H groups in total. The van der Waals surface area contributed by atoms with E-state index in [1.54, 1.807) is 6.07 Å². The van der Waals surface area contributed by atoms with Gasteiger partial charge < -0.3 is 5.32 Å². The number of para-hydroxylation sites is 1. The molecule has 6 nitrogen and oxygen atoms in total. The summed E-state index contributed by atoms with van der Waals surface area (Å²) in [5.41, 5.74) is 2.31. The SMILES string of the molecule is O=C(CC1N=C2c3ccccc3N=C(SCc3cccc(F)c3)N2C1=O)NC1CCCCC1. The number of carbonyl (C=O) groups is 2. The van der Waals surface area contributed by atoms with Crippen LogP contribution in [-0.2, 0) is 15.3 Å². The third-order valence-electron chi connectivity index (χ3n) is 6.15. The number of thioether (sulfide) groups is 1. The van der Waals surface area contributed by atoms with Gasteiger partial charge in [-0.1, -0.05) is 55.3 Å². The minimum atomic E-state index is -0.769. The zero-order valence-electron chi connectivity index (χ0n) is 18.2. The second kappa shape index (κ2) is 9.47. The Morgan fingerprint density at radius 1 is 1.12 bits per heavy atom. The summed E-state index contributed by atoms with van der Waals surface area (Å²) in [5, 5.41) is 3.58. The van der Waals surface area contributed by atoms with Gasteiger partial charge in [0.25, 0.3) is 5.91 Å². The molecular formula is C25H25FN4O2S. The van der Waals surface area contributed by atoms with Crippen molar-refractivity contribution >= 4 is 40.3 Å². The van der Waals surface area contributed by atoms with Crippen molar-refractivity contribution in [3.63, 3.8) is 0 Å². The number of nitrogens with one attached hydrogen (secondary N) is 1. The van der Waals surface area contributed by atoms with E-state index in [4.69, 9.17) is 4.99 Å². The van der Waals surface area contributed by atoms with Crippen LogP contribution in [0.2, 0.25) is 0 Å². The van der Waals surface area contributed by atoms with Gasteiger partial charge in [0, 0.05) is 17.4 Å². The Morgan fingerprint density at radius 3 is 2.76 bits per heavy atom. The van der Waals surface area contributed by atoms with E-state index < -0.39 is 6.04 Å². The first kappa shape index (κ1) is 21.8. The van der Waals surface area contributed by atoms with E-state index in [1.807, 2.05) is 30.3 Å². The highest BCUT2D eigenvalue weighted by atomic mass is 32.2. The average molecular weight is 465 g/mol. The molecular weight excluding hydrogens is 439 g/mol. The number of hydrogen-bond acceptors (Lipinski definition) is 5. The molecule has 0 aromatic heterocycles. The number of hydrogen-bond donors (Lipinski definition) is 1. The van der Waals surface area contributed by atoms with E-state index >= 15 is 0 Å². The quantitative estimate of drug-likeness (QED) is 0.705. The standard InChI is InChI=1S/C25H25FN4O2S/c26-17-8-6-7-16(13-17)15-33-25-29-20-12-5-4-11-19(20)23-28-21(24(32)30(23)25)14-22(31)27-18-9-2-1-3-10-18/h4-8,11-13,18,21H,1-3,9-10,14-15H2,(H,27,31). The largest absolute Gasteiger partial charge is 0.353 e. The Labute approximate surface area is 196 Å². The van der Waals surface area contributed by atoms with E-state index in [0.29, 0.717) is 16.8 Å². The summed E-state index contributed by atoms with van der Waals surface area (Å²) in [4.78, 5) is 36.9. The van der Waals surface area contributed by atoms with Crippen LogP contribution in [-0.4, -0.2) is 39.8 Å². The fraction of sp³-hybridized carbons (Fsp3) is 0.360. The van der Waals surface area contributed by atoms with Gasteiger partial charge >= 0.3 is 0 Å². The summed E-state index contributed by atoms with van der Waals surface area (Å²) in [7, 11) is 0. The van der Waals surface area contributed by atoms with Gasteiger partial charge in [0.1, 0.15) is 17.7 Å². The van der Waals surface area contributed by atoms with Crippen molar-refractivity contribution in [1.82, 2.24) is 10.2 Å². The molecule has 170 valence electrons. The predicted molar refractivity (Wildman–Crippen MR) is 128 cm³/mol. The lowest BCUT2D eigenvalue weighted by Gasteiger charge is -2.25. The molecule has 2 aromatic rings. The first-order valence-electron chi connectivity index (χ1n) is 11.3. The number of nitrogens with zero attached hydrogens (tertiary/aromatic N) is 3. The molecule has 8 heteroatoms. The third-order valence-corrected chi connectivity index (χ3v) is 7.16. The molecule has 0 spiro atoms. The maximum Gasteiger partial charge on any atom is 0.259 e. The second-order valence-corrected chi connectivity index (χ2v) is 9.52. The van der Waals surface area contributed by atoms with Crippen molar-refractivity contribution in [3.8, 4) is 0 Å². The molecule has 3 aliphatic rings. The summed E-state index contributed by atoms with van der Waals surface area (Å²) in [6, 6.07) is 13.3. The van der Waals surface area contributed by atoms with E-state index in [0.717, 1.165) is 42.5 Å². The molecule has 5 rings (SSSR count). The summed E-state index contributed by atoms with van der Waals surface area (Å²) in [6.07, 6.45) is 5.48. The van der Waals surface area contributed by atoms with Crippen LogP contribution in [0, 0.1) is 5.82 Å². The maximum absolute atomic E-state index is 13.6. The normalized spacial score (nSPS) is 20.1. The van der Waals surface area contributed by atoms with Gasteiger partial charge in [-0.2, -0.15) is 0 Å². The van der Waals surface area contributed by atoms with Crippen molar-refractivity contribution in [3.05, 3.63) is 65.5 Å². The van der Waals surface area contributed by atoms with Crippen LogP contribution in [0.3, 0.4) is 0 Å². The van der Waals surface area contributed by atoms with Crippen LogP contribution in [0.5, 0.6) is 0 Å². The lowest BCUT2D eigenvalue weighted by Crippen LogP contribution is -2.43. The summed E-state index contributed by atoms with van der Waals surface area (Å²) >= 11 is 1.36. The van der Waals surface area contributed by atoms with E-state index in [-0.39, 0.29) is 30.1 Å². The fourth-order valence-corrected chi connectivity index (χ4v) is 5.46. The highest BCUT2D eigenvalue weighted by Gasteiger charge is 2.42. The molecule has 0 bridgehead atoms. The van der Waals surface area contributed by atoms with Crippen molar-refractivity contribution in [2.24, 2.45) is 9.98 Å². The van der Waals surface area contributed by atoms with Crippen LogP contribution in [0.25, 0.3) is 0 Å². The van der Waals surface area contributed by atoms with E-state index in [9.17, 15) is 14.0 Å². The second-order valence-electron chi connectivity index (χ2n) is 8.58. The number of benzene rings is 2. The number of fused-ring (bicyclic) bond motifs is 3. The molecule has 1 atom stereocenters. The van der Waals surface area contributed by atoms with Gasteiger partial charge in [-0.3, -0.25) is 14.6 Å². The molecule has 1 fully saturated rings. The number of carbonyl (C=O) groups excluding carboxylic acids is 2. The van der Waals surface area contributed by atoms with Crippen LogP contribution in [0.4, 0.5) is 10.1 Å². The van der Waals surface area contributed by atoms with Crippen molar-refractivity contribution in [2.45, 2.75) is 56.4 Å². The fourth-order valence-electron chi connectivity index (χ4n) is 4.52. The Hall–Kier alpha value is -3.00. The lowest BCUT2D eigenvalue weighted by molar-refractivity contribution is -0.129. The molecule has 2 aromatic carbocycles. The molecule has 1 aliphatic carbocycles. The van der Waals surface area contributed by atoms with Crippen LogP contribution < -0.4 is 5.32 Å². The molecule has 0 radical (unpaired) electrons. The third kappa shape index (κ3) is 4.71. The van der Waals surface area contributed by atoms with Crippen LogP contribution in [0.1, 0.15) is 49.7 Å². The smallest absolute Gasteiger partial charge is 0.259 e. The molecule has 1 unspecified atom stereocenters. The number of amidine groups is 2. The molecule has 2 heterocycles. The summed E-state index contributed by atoms with van der Waals surface area (Å²) in [6.45, 7) is 0. The average Bonchev–Trinajstić information content (AvgIpc) is 3.14. The van der Waals surface area contributed by atoms with E-state index in [1.165, 1.54) is 35.2 Å². The molecule has 0 saturated heterocycles. The highest BCUT2D eigenvalue weighted by Crippen LogP contribution is 2.35. The number of aliphatic imine (C=N–C) groups is 2. The Balaban J connectivity index is 1.35. The highest BCUT2D eigenvalue weighted by molar-refractivity contribution is 8.13.